The van der Waals surface area contributed by atoms with E-state index in [2.05, 4.69) is 15.6 Å². The highest BCUT2D eigenvalue weighted by Gasteiger charge is 2.12. The summed E-state index contributed by atoms with van der Waals surface area (Å²) in [6, 6.07) is 9.56. The van der Waals surface area contributed by atoms with Crippen LogP contribution in [-0.2, 0) is 6.54 Å². The highest BCUT2D eigenvalue weighted by atomic mass is 16.5. The van der Waals surface area contributed by atoms with Gasteiger partial charge in [-0.25, -0.2) is 4.79 Å². The van der Waals surface area contributed by atoms with Gasteiger partial charge < -0.3 is 15.4 Å². The minimum atomic E-state index is -0.220. The van der Waals surface area contributed by atoms with Crippen molar-refractivity contribution in [1.29, 1.82) is 0 Å². The first kappa shape index (κ1) is 16.8. The van der Waals surface area contributed by atoms with E-state index in [0.29, 0.717) is 6.54 Å². The van der Waals surface area contributed by atoms with Crippen LogP contribution in [0.25, 0.3) is 0 Å². The molecule has 0 spiro atoms. The Balaban J connectivity index is 1.95. The zero-order valence-electron chi connectivity index (χ0n) is 14.0. The van der Waals surface area contributed by atoms with Gasteiger partial charge in [0.2, 0.25) is 0 Å². The lowest BCUT2D eigenvalue weighted by Gasteiger charge is -2.16. The molecule has 1 atom stereocenters. The summed E-state index contributed by atoms with van der Waals surface area (Å²) >= 11 is 0. The number of urea groups is 1. The van der Waals surface area contributed by atoms with Crippen LogP contribution in [0.1, 0.15) is 35.3 Å². The molecule has 5 nitrogen and oxygen atoms in total. The van der Waals surface area contributed by atoms with Crippen molar-refractivity contribution in [3.63, 3.8) is 0 Å². The van der Waals surface area contributed by atoms with Crippen LogP contribution in [0.3, 0.4) is 0 Å². The number of pyridine rings is 1. The van der Waals surface area contributed by atoms with E-state index in [1.165, 1.54) is 0 Å². The van der Waals surface area contributed by atoms with Crippen molar-refractivity contribution >= 4 is 6.03 Å². The first-order valence-electron chi connectivity index (χ1n) is 7.61. The van der Waals surface area contributed by atoms with Gasteiger partial charge in [0.15, 0.2) is 0 Å². The Labute approximate surface area is 137 Å². The smallest absolute Gasteiger partial charge is 0.315 e. The third kappa shape index (κ3) is 4.22. The molecule has 0 aliphatic rings. The van der Waals surface area contributed by atoms with Crippen LogP contribution in [-0.4, -0.2) is 18.1 Å². The maximum atomic E-state index is 12.1. The zero-order valence-corrected chi connectivity index (χ0v) is 14.0. The average molecular weight is 313 g/mol. The molecule has 2 aromatic rings. The van der Waals surface area contributed by atoms with E-state index in [1.807, 2.05) is 51.1 Å². The van der Waals surface area contributed by atoms with Crippen molar-refractivity contribution in [3.05, 3.63) is 58.9 Å². The van der Waals surface area contributed by atoms with Crippen LogP contribution in [0, 0.1) is 13.8 Å². The molecule has 0 aliphatic heterocycles. The Hall–Kier alpha value is -2.56. The second-order valence-corrected chi connectivity index (χ2v) is 5.51. The number of hydrogen-bond donors (Lipinski definition) is 2. The van der Waals surface area contributed by atoms with Crippen LogP contribution in [0.2, 0.25) is 0 Å². The Kier molecular flexibility index (Phi) is 5.57. The predicted octanol–water partition coefficient (Wildman–Crippen LogP) is 3.27. The summed E-state index contributed by atoms with van der Waals surface area (Å²) in [6.07, 6.45) is 1.76. The number of nitrogens with zero attached hydrogens (tertiary/aromatic N) is 1. The molecule has 2 amide bonds. The number of nitrogens with one attached hydrogen (secondary N) is 2. The molecule has 0 aliphatic carbocycles. The maximum absolute atomic E-state index is 12.1. The van der Waals surface area contributed by atoms with Crippen molar-refractivity contribution in [2.24, 2.45) is 0 Å². The number of benzene rings is 1. The number of hydrogen-bond acceptors (Lipinski definition) is 3. The monoisotopic (exact) mass is 313 g/mol. The molecular formula is C18H23N3O2. The highest BCUT2D eigenvalue weighted by Crippen LogP contribution is 2.23. The fraction of sp³-hybridized carbons (Fsp3) is 0.333. The lowest BCUT2D eigenvalue weighted by atomic mass is 10.1. The second-order valence-electron chi connectivity index (χ2n) is 5.51. The fourth-order valence-electron chi connectivity index (χ4n) is 2.49. The molecule has 0 saturated carbocycles. The standard InChI is InChI=1S/C18H23N3O2/c1-12-10-19-16(13(2)17(12)23-4)11-20-18(22)21-14(3)15-8-6-5-7-9-15/h5-10,14H,11H2,1-4H3,(H2,20,21,22). The number of aromatic nitrogens is 1. The van der Waals surface area contributed by atoms with E-state index in [9.17, 15) is 4.79 Å². The van der Waals surface area contributed by atoms with Crippen molar-refractivity contribution in [1.82, 2.24) is 15.6 Å². The van der Waals surface area contributed by atoms with Crippen molar-refractivity contribution in [3.8, 4) is 5.75 Å². The van der Waals surface area contributed by atoms with E-state index in [1.54, 1.807) is 13.3 Å². The topological polar surface area (TPSA) is 63.2 Å². The molecule has 0 fully saturated rings. The Bertz CT molecular complexity index is 671. The molecule has 1 aromatic carbocycles. The van der Waals surface area contributed by atoms with E-state index in [-0.39, 0.29) is 12.1 Å². The highest BCUT2D eigenvalue weighted by molar-refractivity contribution is 5.74. The van der Waals surface area contributed by atoms with Crippen molar-refractivity contribution in [2.45, 2.75) is 33.4 Å². The van der Waals surface area contributed by atoms with Gasteiger partial charge in [0.05, 0.1) is 25.4 Å². The van der Waals surface area contributed by atoms with Gasteiger partial charge in [-0.3, -0.25) is 4.98 Å². The van der Waals surface area contributed by atoms with Gasteiger partial charge >= 0.3 is 6.03 Å². The van der Waals surface area contributed by atoms with Crippen LogP contribution in [0.5, 0.6) is 5.75 Å². The first-order chi connectivity index (χ1) is 11.0. The minimum absolute atomic E-state index is 0.0576. The molecule has 5 heteroatoms. The lowest BCUT2D eigenvalue weighted by Crippen LogP contribution is -2.37. The summed E-state index contributed by atoms with van der Waals surface area (Å²) in [5.74, 6) is 0.815. The van der Waals surface area contributed by atoms with E-state index in [4.69, 9.17) is 4.74 Å². The summed E-state index contributed by atoms with van der Waals surface area (Å²) in [6.45, 7) is 6.20. The quantitative estimate of drug-likeness (QED) is 0.890. The molecule has 0 bridgehead atoms. The van der Waals surface area contributed by atoms with Gasteiger partial charge in [0.1, 0.15) is 5.75 Å². The molecule has 2 N–H and O–H groups in total. The number of aryl methyl sites for hydroxylation is 1. The summed E-state index contributed by atoms with van der Waals surface area (Å²) in [5.41, 5.74) is 3.80. The first-order valence-corrected chi connectivity index (χ1v) is 7.61. The Morgan fingerprint density at radius 1 is 1.26 bits per heavy atom. The van der Waals surface area contributed by atoms with Gasteiger partial charge in [-0.15, -0.1) is 0 Å². The van der Waals surface area contributed by atoms with Gasteiger partial charge in [-0.05, 0) is 26.3 Å². The third-order valence-electron chi connectivity index (χ3n) is 3.81. The number of rotatable bonds is 5. The van der Waals surface area contributed by atoms with Crippen LogP contribution < -0.4 is 15.4 Å². The summed E-state index contributed by atoms with van der Waals surface area (Å²) in [5, 5.41) is 5.76. The second kappa shape index (κ2) is 7.63. The number of amides is 2. The normalized spacial score (nSPS) is 11.7. The molecule has 1 aromatic heterocycles. The molecular weight excluding hydrogens is 290 g/mol. The molecule has 0 radical (unpaired) electrons. The minimum Gasteiger partial charge on any atom is -0.496 e. The molecule has 23 heavy (non-hydrogen) atoms. The average Bonchev–Trinajstić information content (AvgIpc) is 2.55. The summed E-state index contributed by atoms with van der Waals surface area (Å²) in [4.78, 5) is 16.4. The molecule has 2 rings (SSSR count). The third-order valence-corrected chi connectivity index (χ3v) is 3.81. The van der Waals surface area contributed by atoms with Gasteiger partial charge in [-0.2, -0.15) is 0 Å². The van der Waals surface area contributed by atoms with Crippen LogP contribution >= 0.6 is 0 Å². The lowest BCUT2D eigenvalue weighted by molar-refractivity contribution is 0.237. The Morgan fingerprint density at radius 2 is 1.96 bits per heavy atom. The fourth-order valence-corrected chi connectivity index (χ4v) is 2.49. The molecule has 0 saturated heterocycles. The number of carbonyl (C=O) groups is 1. The van der Waals surface area contributed by atoms with E-state index < -0.39 is 0 Å². The SMILES string of the molecule is COc1c(C)cnc(CNC(=O)NC(C)c2ccccc2)c1C. The molecule has 1 unspecified atom stereocenters. The largest absolute Gasteiger partial charge is 0.496 e. The predicted molar refractivity (Wildman–Crippen MR) is 90.5 cm³/mol. The summed E-state index contributed by atoms with van der Waals surface area (Å²) < 4.78 is 5.38. The molecule has 122 valence electrons. The number of ether oxygens (including phenoxy) is 1. The molecule has 1 heterocycles. The maximum Gasteiger partial charge on any atom is 0.315 e. The van der Waals surface area contributed by atoms with Crippen LogP contribution in [0.4, 0.5) is 4.79 Å². The van der Waals surface area contributed by atoms with Crippen molar-refractivity contribution < 1.29 is 9.53 Å². The van der Waals surface area contributed by atoms with Gasteiger partial charge in [0.25, 0.3) is 0 Å². The number of carbonyl (C=O) groups excluding carboxylic acids is 1. The van der Waals surface area contributed by atoms with Gasteiger partial charge in [-0.1, -0.05) is 30.3 Å². The van der Waals surface area contributed by atoms with E-state index in [0.717, 1.165) is 28.1 Å². The van der Waals surface area contributed by atoms with Crippen LogP contribution in [0.15, 0.2) is 36.5 Å². The van der Waals surface area contributed by atoms with E-state index >= 15 is 0 Å². The van der Waals surface area contributed by atoms with Gasteiger partial charge in [0, 0.05) is 17.3 Å². The van der Waals surface area contributed by atoms with Crippen molar-refractivity contribution in [2.75, 3.05) is 7.11 Å². The Morgan fingerprint density at radius 3 is 2.61 bits per heavy atom. The number of methoxy groups -OCH3 is 1. The zero-order chi connectivity index (χ0) is 16.8. The summed E-state index contributed by atoms with van der Waals surface area (Å²) in [7, 11) is 1.64.